The number of carbonyl (C=O) groups is 1. The van der Waals surface area contributed by atoms with Crippen molar-refractivity contribution in [2.75, 3.05) is 4.90 Å². The summed E-state index contributed by atoms with van der Waals surface area (Å²) in [6, 6.07) is 17.5. The van der Waals surface area contributed by atoms with E-state index in [4.69, 9.17) is 0 Å². The van der Waals surface area contributed by atoms with Crippen LogP contribution in [0.1, 0.15) is 17.3 Å². The van der Waals surface area contributed by atoms with Gasteiger partial charge in [0, 0.05) is 10.2 Å². The summed E-state index contributed by atoms with van der Waals surface area (Å²) in [5.41, 5.74) is 2.84. The second kappa shape index (κ2) is 6.71. The Morgan fingerprint density at radius 1 is 1.25 bits per heavy atom. The Labute approximate surface area is 154 Å². The smallest absolute Gasteiger partial charge is 0.266 e. The van der Waals surface area contributed by atoms with Crippen LogP contribution in [0, 0.1) is 18.3 Å². The minimum Gasteiger partial charge on any atom is -0.327 e. The Kier molecular flexibility index (Phi) is 4.65. The van der Waals surface area contributed by atoms with Gasteiger partial charge in [0.25, 0.3) is 5.91 Å². The van der Waals surface area contributed by atoms with Crippen LogP contribution in [0.2, 0.25) is 0 Å². The van der Waals surface area contributed by atoms with Crippen LogP contribution in [0.5, 0.6) is 0 Å². The van der Waals surface area contributed by atoms with Gasteiger partial charge in [0.05, 0.1) is 5.03 Å². The van der Waals surface area contributed by atoms with Crippen LogP contribution in [0.15, 0.2) is 63.6 Å². The van der Waals surface area contributed by atoms with E-state index in [0.29, 0.717) is 5.03 Å². The third-order valence-corrected chi connectivity index (χ3v) is 4.69. The zero-order chi connectivity index (χ0) is 17.3. The van der Waals surface area contributed by atoms with Crippen LogP contribution >= 0.6 is 28.6 Å². The van der Waals surface area contributed by atoms with Crippen LogP contribution in [-0.4, -0.2) is 5.91 Å². The highest BCUT2D eigenvalue weighted by Crippen LogP contribution is 2.36. The van der Waals surface area contributed by atoms with E-state index < -0.39 is 12.1 Å². The SMILES string of the molecule is Cc1cccc(N2C(S)=C(C#N)C(=O)NC2c2cccc(Br)c2)c1. The average Bonchev–Trinajstić information content (AvgIpc) is 2.54. The van der Waals surface area contributed by atoms with Crippen molar-refractivity contribution >= 4 is 40.2 Å². The van der Waals surface area contributed by atoms with Crippen molar-refractivity contribution in [3.8, 4) is 6.07 Å². The van der Waals surface area contributed by atoms with Gasteiger partial charge in [-0.25, -0.2) is 0 Å². The molecule has 2 aromatic carbocycles. The van der Waals surface area contributed by atoms with E-state index in [1.54, 1.807) is 0 Å². The van der Waals surface area contributed by atoms with Crippen LogP contribution < -0.4 is 10.2 Å². The minimum absolute atomic E-state index is 0.00564. The predicted molar refractivity (Wildman–Crippen MR) is 100 cm³/mol. The second-order valence-electron chi connectivity index (χ2n) is 5.45. The maximum Gasteiger partial charge on any atom is 0.266 e. The molecule has 1 amide bonds. The first kappa shape index (κ1) is 16.6. The van der Waals surface area contributed by atoms with E-state index in [0.717, 1.165) is 21.3 Å². The molecule has 1 aliphatic heterocycles. The largest absolute Gasteiger partial charge is 0.327 e. The van der Waals surface area contributed by atoms with Crippen molar-refractivity contribution in [2.24, 2.45) is 0 Å². The number of amides is 1. The lowest BCUT2D eigenvalue weighted by atomic mass is 10.1. The van der Waals surface area contributed by atoms with E-state index in [1.807, 2.05) is 66.4 Å². The van der Waals surface area contributed by atoms with Crippen molar-refractivity contribution in [3.63, 3.8) is 0 Å². The van der Waals surface area contributed by atoms with Gasteiger partial charge >= 0.3 is 0 Å². The van der Waals surface area contributed by atoms with Crippen molar-refractivity contribution in [1.29, 1.82) is 5.26 Å². The number of anilines is 1. The van der Waals surface area contributed by atoms with Gasteiger partial charge in [-0.3, -0.25) is 4.79 Å². The molecule has 4 nitrogen and oxygen atoms in total. The number of benzene rings is 2. The summed E-state index contributed by atoms with van der Waals surface area (Å²) in [5.74, 6) is -0.420. The third kappa shape index (κ3) is 3.05. The van der Waals surface area contributed by atoms with Crippen molar-refractivity contribution < 1.29 is 4.79 Å². The molecule has 1 atom stereocenters. The first-order valence-electron chi connectivity index (χ1n) is 7.27. The number of nitrogens with zero attached hydrogens (tertiary/aromatic N) is 2. The fraction of sp³-hybridized carbons (Fsp3) is 0.111. The standard InChI is InChI=1S/C18H14BrN3OS/c1-11-4-2-7-14(8-11)22-16(12-5-3-6-13(19)9-12)21-17(23)15(10-20)18(22)24/h2-9,16,24H,1H3,(H,21,23). The number of hydrogen-bond acceptors (Lipinski definition) is 4. The van der Waals surface area contributed by atoms with Crippen LogP contribution in [0.25, 0.3) is 0 Å². The molecule has 3 rings (SSSR count). The molecular formula is C18H14BrN3OS. The predicted octanol–water partition coefficient (Wildman–Crippen LogP) is 4.06. The fourth-order valence-corrected chi connectivity index (χ4v) is 3.46. The molecule has 1 heterocycles. The molecule has 0 aromatic heterocycles. The second-order valence-corrected chi connectivity index (χ2v) is 6.79. The van der Waals surface area contributed by atoms with Gasteiger partial charge in [-0.05, 0) is 42.3 Å². The maximum absolute atomic E-state index is 12.3. The molecule has 120 valence electrons. The summed E-state index contributed by atoms with van der Waals surface area (Å²) in [6.07, 6.45) is -0.443. The summed E-state index contributed by atoms with van der Waals surface area (Å²) in [7, 11) is 0. The van der Waals surface area contributed by atoms with Crippen LogP contribution in [0.3, 0.4) is 0 Å². The van der Waals surface area contributed by atoms with Gasteiger partial charge in [-0.1, -0.05) is 40.2 Å². The monoisotopic (exact) mass is 399 g/mol. The Bertz CT molecular complexity index is 888. The molecule has 0 fully saturated rings. The van der Waals surface area contributed by atoms with Gasteiger partial charge in [-0.15, -0.1) is 12.6 Å². The van der Waals surface area contributed by atoms with Gasteiger partial charge < -0.3 is 10.2 Å². The average molecular weight is 400 g/mol. The lowest BCUT2D eigenvalue weighted by molar-refractivity contribution is -0.118. The topological polar surface area (TPSA) is 56.1 Å². The molecule has 6 heteroatoms. The molecule has 1 unspecified atom stereocenters. The summed E-state index contributed by atoms with van der Waals surface area (Å²) in [6.45, 7) is 1.99. The zero-order valence-corrected chi connectivity index (χ0v) is 15.3. The highest BCUT2D eigenvalue weighted by molar-refractivity contribution is 9.10. The molecule has 1 aliphatic rings. The number of nitriles is 1. The van der Waals surface area contributed by atoms with E-state index >= 15 is 0 Å². The van der Waals surface area contributed by atoms with Gasteiger partial charge in [0.1, 0.15) is 17.8 Å². The molecule has 0 radical (unpaired) electrons. The molecule has 2 aromatic rings. The van der Waals surface area contributed by atoms with Crippen LogP contribution in [0.4, 0.5) is 5.69 Å². The third-order valence-electron chi connectivity index (χ3n) is 3.76. The number of thiol groups is 1. The van der Waals surface area contributed by atoms with Crippen molar-refractivity contribution in [3.05, 3.63) is 74.7 Å². The lowest BCUT2D eigenvalue weighted by Crippen LogP contribution is -2.46. The number of carbonyl (C=O) groups excluding carboxylic acids is 1. The molecular weight excluding hydrogens is 386 g/mol. The summed E-state index contributed by atoms with van der Waals surface area (Å²) >= 11 is 7.94. The molecule has 0 bridgehead atoms. The van der Waals surface area contributed by atoms with E-state index in [2.05, 4.69) is 33.9 Å². The summed E-state index contributed by atoms with van der Waals surface area (Å²) in [4.78, 5) is 14.1. The van der Waals surface area contributed by atoms with Crippen molar-refractivity contribution in [1.82, 2.24) is 5.32 Å². The normalized spacial score (nSPS) is 17.5. The molecule has 0 saturated heterocycles. The molecule has 24 heavy (non-hydrogen) atoms. The van der Waals surface area contributed by atoms with E-state index in [-0.39, 0.29) is 5.57 Å². The van der Waals surface area contributed by atoms with Gasteiger partial charge in [0.15, 0.2) is 0 Å². The van der Waals surface area contributed by atoms with E-state index in [1.165, 1.54) is 0 Å². The first-order valence-corrected chi connectivity index (χ1v) is 8.51. The van der Waals surface area contributed by atoms with Gasteiger partial charge in [-0.2, -0.15) is 5.26 Å². The highest BCUT2D eigenvalue weighted by atomic mass is 79.9. The van der Waals surface area contributed by atoms with E-state index in [9.17, 15) is 10.1 Å². The maximum atomic E-state index is 12.3. The summed E-state index contributed by atoms with van der Waals surface area (Å²) in [5, 5.41) is 12.5. The Balaban J connectivity index is 2.18. The summed E-state index contributed by atoms with van der Waals surface area (Å²) < 4.78 is 0.911. The van der Waals surface area contributed by atoms with Crippen LogP contribution in [-0.2, 0) is 4.79 Å². The first-order chi connectivity index (χ1) is 11.5. The zero-order valence-electron chi connectivity index (χ0n) is 12.8. The quantitative estimate of drug-likeness (QED) is 0.748. The Morgan fingerprint density at radius 3 is 2.67 bits per heavy atom. The molecule has 0 saturated carbocycles. The number of halogens is 1. The number of hydrogen-bond donors (Lipinski definition) is 2. The van der Waals surface area contributed by atoms with Gasteiger partial charge in [0.2, 0.25) is 0 Å². The number of rotatable bonds is 2. The number of nitrogens with one attached hydrogen (secondary N) is 1. The minimum atomic E-state index is -0.443. The lowest BCUT2D eigenvalue weighted by Gasteiger charge is -2.38. The fourth-order valence-electron chi connectivity index (χ4n) is 2.66. The Hall–Kier alpha value is -2.23. The molecule has 0 aliphatic carbocycles. The Morgan fingerprint density at radius 2 is 2.00 bits per heavy atom. The molecule has 0 spiro atoms. The molecule has 1 N–H and O–H groups in total. The highest BCUT2D eigenvalue weighted by Gasteiger charge is 2.33. The number of aryl methyl sites for hydroxylation is 1. The van der Waals surface area contributed by atoms with Crippen molar-refractivity contribution in [2.45, 2.75) is 13.1 Å².